The number of benzene rings is 1. The van der Waals surface area contributed by atoms with E-state index in [-0.39, 0.29) is 18.4 Å². The summed E-state index contributed by atoms with van der Waals surface area (Å²) < 4.78 is 1.17. The number of thiazole rings is 1. The van der Waals surface area contributed by atoms with E-state index < -0.39 is 0 Å². The van der Waals surface area contributed by atoms with Gasteiger partial charge in [0.15, 0.2) is 0 Å². The van der Waals surface area contributed by atoms with Gasteiger partial charge in [0.05, 0.1) is 28.3 Å². The monoisotopic (exact) mass is 360 g/mol. The Kier molecular flexibility index (Phi) is 5.99. The number of hydrogen-bond acceptors (Lipinski definition) is 5. The van der Waals surface area contributed by atoms with E-state index in [0.717, 1.165) is 43.0 Å². The van der Waals surface area contributed by atoms with Crippen LogP contribution in [0.15, 0.2) is 24.3 Å². The summed E-state index contributed by atoms with van der Waals surface area (Å²) in [6, 6.07) is 8.05. The van der Waals surface area contributed by atoms with Crippen LogP contribution < -0.4 is 5.32 Å². The highest BCUT2D eigenvalue weighted by Crippen LogP contribution is 2.21. The van der Waals surface area contributed by atoms with E-state index in [1.807, 2.05) is 34.9 Å². The van der Waals surface area contributed by atoms with Gasteiger partial charge in [0.1, 0.15) is 0 Å². The number of amides is 2. The Morgan fingerprint density at radius 3 is 2.96 bits per heavy atom. The van der Waals surface area contributed by atoms with Crippen LogP contribution in [0.3, 0.4) is 0 Å². The Morgan fingerprint density at radius 2 is 2.16 bits per heavy atom. The van der Waals surface area contributed by atoms with Crippen molar-refractivity contribution in [2.45, 2.75) is 19.8 Å². The van der Waals surface area contributed by atoms with Gasteiger partial charge in [-0.05, 0) is 25.5 Å². The third-order valence-electron chi connectivity index (χ3n) is 4.36. The van der Waals surface area contributed by atoms with Crippen molar-refractivity contribution in [2.24, 2.45) is 0 Å². The number of carbonyl (C=O) groups excluding carboxylic acids is 2. The number of para-hydroxylation sites is 1. The summed E-state index contributed by atoms with van der Waals surface area (Å²) >= 11 is 1.67. The van der Waals surface area contributed by atoms with Crippen LogP contribution in [0, 0.1) is 0 Å². The molecule has 1 aromatic carbocycles. The standard InChI is InChI=1S/C18H24N4O2S/c1-2-22-11-5-10-21(13-18(22)24)12-16(23)19-9-8-17-20-14-6-3-4-7-15(14)25-17/h3-4,6-7H,2,5,8-13H2,1H3,(H,19,23). The van der Waals surface area contributed by atoms with Crippen LogP contribution in [0.25, 0.3) is 10.2 Å². The zero-order valence-corrected chi connectivity index (χ0v) is 15.3. The highest BCUT2D eigenvalue weighted by molar-refractivity contribution is 7.18. The predicted molar refractivity (Wildman–Crippen MR) is 99.6 cm³/mol. The number of aromatic nitrogens is 1. The minimum absolute atomic E-state index is 0.0288. The molecule has 1 N–H and O–H groups in total. The maximum absolute atomic E-state index is 12.1. The molecule has 134 valence electrons. The van der Waals surface area contributed by atoms with Crippen LogP contribution in [0.1, 0.15) is 18.4 Å². The Balaban J connectivity index is 1.44. The van der Waals surface area contributed by atoms with Crippen LogP contribution in [0.5, 0.6) is 0 Å². The van der Waals surface area contributed by atoms with E-state index in [1.165, 1.54) is 4.70 Å². The molecule has 1 saturated heterocycles. The van der Waals surface area contributed by atoms with E-state index in [1.54, 1.807) is 11.3 Å². The molecule has 0 radical (unpaired) electrons. The van der Waals surface area contributed by atoms with Crippen LogP contribution in [-0.2, 0) is 16.0 Å². The van der Waals surface area contributed by atoms with Gasteiger partial charge in [-0.2, -0.15) is 0 Å². The molecule has 3 rings (SSSR count). The fourth-order valence-electron chi connectivity index (χ4n) is 3.04. The molecule has 0 saturated carbocycles. The van der Waals surface area contributed by atoms with E-state index in [2.05, 4.69) is 16.4 Å². The van der Waals surface area contributed by atoms with Gasteiger partial charge in [0, 0.05) is 32.6 Å². The molecule has 7 heteroatoms. The van der Waals surface area contributed by atoms with Crippen molar-refractivity contribution in [3.8, 4) is 0 Å². The fourth-order valence-corrected chi connectivity index (χ4v) is 4.01. The van der Waals surface area contributed by atoms with Gasteiger partial charge >= 0.3 is 0 Å². The van der Waals surface area contributed by atoms with E-state index in [0.29, 0.717) is 13.1 Å². The highest BCUT2D eigenvalue weighted by Gasteiger charge is 2.21. The van der Waals surface area contributed by atoms with Crippen molar-refractivity contribution < 1.29 is 9.59 Å². The Bertz CT molecular complexity index is 713. The predicted octanol–water partition coefficient (Wildman–Crippen LogP) is 1.51. The molecule has 0 aliphatic carbocycles. The van der Waals surface area contributed by atoms with Gasteiger partial charge < -0.3 is 10.2 Å². The summed E-state index contributed by atoms with van der Waals surface area (Å²) in [5.41, 5.74) is 1.01. The van der Waals surface area contributed by atoms with E-state index >= 15 is 0 Å². The molecule has 1 fully saturated rings. The first-order chi connectivity index (χ1) is 12.2. The topological polar surface area (TPSA) is 65.5 Å². The number of fused-ring (bicyclic) bond motifs is 1. The zero-order chi connectivity index (χ0) is 17.6. The molecule has 0 bridgehead atoms. The van der Waals surface area contributed by atoms with Gasteiger partial charge in [-0.3, -0.25) is 14.5 Å². The lowest BCUT2D eigenvalue weighted by Crippen LogP contribution is -2.42. The van der Waals surface area contributed by atoms with Gasteiger partial charge in [-0.25, -0.2) is 4.98 Å². The minimum Gasteiger partial charge on any atom is -0.355 e. The second-order valence-corrected chi connectivity index (χ2v) is 7.33. The largest absolute Gasteiger partial charge is 0.355 e. The number of likely N-dealkylation sites (N-methyl/N-ethyl adjacent to an activating group) is 1. The Labute approximate surface area is 151 Å². The lowest BCUT2D eigenvalue weighted by atomic mass is 10.3. The van der Waals surface area contributed by atoms with Crippen LogP contribution in [0.4, 0.5) is 0 Å². The van der Waals surface area contributed by atoms with Crippen molar-refractivity contribution in [1.29, 1.82) is 0 Å². The molecule has 2 amide bonds. The molecular weight excluding hydrogens is 336 g/mol. The maximum Gasteiger partial charge on any atom is 0.236 e. The molecule has 1 aromatic heterocycles. The molecule has 1 aliphatic heterocycles. The number of hydrogen-bond donors (Lipinski definition) is 1. The maximum atomic E-state index is 12.1. The third kappa shape index (κ3) is 4.76. The number of carbonyl (C=O) groups is 2. The van der Waals surface area contributed by atoms with Crippen LogP contribution in [0.2, 0.25) is 0 Å². The first-order valence-electron chi connectivity index (χ1n) is 8.77. The first kappa shape index (κ1) is 17.8. The quantitative estimate of drug-likeness (QED) is 0.848. The van der Waals surface area contributed by atoms with Gasteiger partial charge in [0.2, 0.25) is 11.8 Å². The molecule has 0 spiro atoms. The average Bonchev–Trinajstić information content (AvgIpc) is 2.92. The summed E-state index contributed by atoms with van der Waals surface area (Å²) in [7, 11) is 0. The Morgan fingerprint density at radius 1 is 1.32 bits per heavy atom. The molecule has 6 nitrogen and oxygen atoms in total. The van der Waals surface area contributed by atoms with Crippen molar-refractivity contribution in [1.82, 2.24) is 20.1 Å². The molecule has 25 heavy (non-hydrogen) atoms. The first-order valence-corrected chi connectivity index (χ1v) is 9.58. The summed E-state index contributed by atoms with van der Waals surface area (Å²) in [6.45, 7) is 5.48. The normalized spacial score (nSPS) is 16.2. The van der Waals surface area contributed by atoms with Crippen molar-refractivity contribution in [3.63, 3.8) is 0 Å². The number of nitrogens with one attached hydrogen (secondary N) is 1. The van der Waals surface area contributed by atoms with Crippen LogP contribution >= 0.6 is 11.3 Å². The molecule has 2 heterocycles. The Hall–Kier alpha value is -1.99. The van der Waals surface area contributed by atoms with E-state index in [4.69, 9.17) is 0 Å². The van der Waals surface area contributed by atoms with Crippen molar-refractivity contribution >= 4 is 33.4 Å². The third-order valence-corrected chi connectivity index (χ3v) is 5.46. The average molecular weight is 360 g/mol. The van der Waals surface area contributed by atoms with Gasteiger partial charge in [-0.1, -0.05) is 12.1 Å². The number of rotatable bonds is 6. The lowest BCUT2D eigenvalue weighted by Gasteiger charge is -2.20. The zero-order valence-electron chi connectivity index (χ0n) is 14.5. The van der Waals surface area contributed by atoms with E-state index in [9.17, 15) is 9.59 Å². The second-order valence-electron chi connectivity index (χ2n) is 6.21. The van der Waals surface area contributed by atoms with Crippen LogP contribution in [-0.4, -0.2) is 65.9 Å². The number of nitrogens with zero attached hydrogens (tertiary/aromatic N) is 3. The summed E-state index contributed by atoms with van der Waals surface area (Å²) in [6.07, 6.45) is 1.65. The molecular formula is C18H24N4O2S. The van der Waals surface area contributed by atoms with Crippen molar-refractivity contribution in [3.05, 3.63) is 29.3 Å². The highest BCUT2D eigenvalue weighted by atomic mass is 32.1. The van der Waals surface area contributed by atoms with Gasteiger partial charge in [0.25, 0.3) is 0 Å². The lowest BCUT2D eigenvalue weighted by molar-refractivity contribution is -0.131. The molecule has 1 aliphatic rings. The summed E-state index contributed by atoms with van der Waals surface area (Å²) in [5.74, 6) is 0.0844. The minimum atomic E-state index is -0.0288. The van der Waals surface area contributed by atoms with Crippen molar-refractivity contribution in [2.75, 3.05) is 39.3 Å². The second kappa shape index (κ2) is 8.40. The smallest absolute Gasteiger partial charge is 0.236 e. The SMILES string of the molecule is CCN1CCCN(CC(=O)NCCc2nc3ccccc3s2)CC1=O. The van der Waals surface area contributed by atoms with Gasteiger partial charge in [-0.15, -0.1) is 11.3 Å². The molecule has 0 atom stereocenters. The summed E-state index contributed by atoms with van der Waals surface area (Å²) in [5, 5.41) is 3.98. The fraction of sp³-hybridized carbons (Fsp3) is 0.500. The summed E-state index contributed by atoms with van der Waals surface area (Å²) in [4.78, 5) is 32.6. The molecule has 2 aromatic rings. The molecule has 0 unspecified atom stereocenters.